The molecule has 0 aliphatic heterocycles. The second-order valence-electron chi connectivity index (χ2n) is 4.96. The molecule has 4 nitrogen and oxygen atoms in total. The molecule has 19 heavy (non-hydrogen) atoms. The van der Waals surface area contributed by atoms with Crippen LogP contribution in [0.3, 0.4) is 0 Å². The Balaban J connectivity index is 1.82. The first-order chi connectivity index (χ1) is 9.22. The van der Waals surface area contributed by atoms with Crippen molar-refractivity contribution in [3.63, 3.8) is 0 Å². The lowest BCUT2D eigenvalue weighted by atomic mass is 9.86. The third kappa shape index (κ3) is 3.76. The summed E-state index contributed by atoms with van der Waals surface area (Å²) in [6, 6.07) is 10.3. The van der Waals surface area contributed by atoms with Crippen LogP contribution in [0.4, 0.5) is 0 Å². The van der Waals surface area contributed by atoms with Gasteiger partial charge in [-0.3, -0.25) is 0 Å². The molecular formula is C15H23NO3. The van der Waals surface area contributed by atoms with Gasteiger partial charge in [0.15, 0.2) is 0 Å². The number of rotatable bonds is 7. The van der Waals surface area contributed by atoms with Crippen molar-refractivity contribution in [2.24, 2.45) is 5.73 Å². The van der Waals surface area contributed by atoms with Crippen LogP contribution in [0.25, 0.3) is 0 Å². The normalized spacial score (nSPS) is 27.8. The molecule has 2 rings (SSSR count). The molecule has 0 amide bonds. The minimum absolute atomic E-state index is 0.0127. The monoisotopic (exact) mass is 265 g/mol. The third-order valence-corrected chi connectivity index (χ3v) is 3.54. The van der Waals surface area contributed by atoms with E-state index in [0.717, 1.165) is 6.42 Å². The highest BCUT2D eigenvalue weighted by Gasteiger charge is 2.41. The quantitative estimate of drug-likeness (QED) is 0.765. The van der Waals surface area contributed by atoms with Gasteiger partial charge < -0.3 is 19.9 Å². The summed E-state index contributed by atoms with van der Waals surface area (Å²) in [7, 11) is 1.66. The topological polar surface area (TPSA) is 53.7 Å². The van der Waals surface area contributed by atoms with Crippen molar-refractivity contribution in [3.05, 3.63) is 35.9 Å². The number of benzene rings is 1. The van der Waals surface area contributed by atoms with E-state index in [2.05, 4.69) is 19.1 Å². The van der Waals surface area contributed by atoms with Crippen LogP contribution in [0.15, 0.2) is 30.3 Å². The predicted octanol–water partition coefficient (Wildman–Crippen LogP) is 1.90. The van der Waals surface area contributed by atoms with E-state index in [1.54, 1.807) is 7.11 Å². The summed E-state index contributed by atoms with van der Waals surface area (Å²) in [5.41, 5.74) is 7.14. The van der Waals surface area contributed by atoms with Crippen molar-refractivity contribution in [2.45, 2.75) is 37.7 Å². The van der Waals surface area contributed by atoms with Crippen LogP contribution in [0, 0.1) is 0 Å². The van der Waals surface area contributed by atoms with Crippen molar-refractivity contribution >= 4 is 0 Å². The van der Waals surface area contributed by atoms with Gasteiger partial charge in [-0.25, -0.2) is 0 Å². The largest absolute Gasteiger partial charge is 0.382 e. The molecule has 4 atom stereocenters. The summed E-state index contributed by atoms with van der Waals surface area (Å²) >= 11 is 0. The van der Waals surface area contributed by atoms with E-state index in [0.29, 0.717) is 13.2 Å². The summed E-state index contributed by atoms with van der Waals surface area (Å²) in [5, 5.41) is 0. The molecular weight excluding hydrogens is 242 g/mol. The fourth-order valence-corrected chi connectivity index (χ4v) is 2.31. The second-order valence-corrected chi connectivity index (χ2v) is 4.96. The van der Waals surface area contributed by atoms with Crippen LogP contribution in [0.5, 0.6) is 0 Å². The van der Waals surface area contributed by atoms with Crippen molar-refractivity contribution in [2.75, 3.05) is 20.3 Å². The molecule has 1 aliphatic rings. The summed E-state index contributed by atoms with van der Waals surface area (Å²) < 4.78 is 16.7. The van der Waals surface area contributed by atoms with Gasteiger partial charge in [-0.1, -0.05) is 30.3 Å². The maximum atomic E-state index is 6.04. The fraction of sp³-hybridized carbons (Fsp3) is 0.600. The predicted molar refractivity (Wildman–Crippen MR) is 73.9 cm³/mol. The number of hydrogen-bond donors (Lipinski definition) is 1. The number of hydrogen-bond acceptors (Lipinski definition) is 4. The van der Waals surface area contributed by atoms with Gasteiger partial charge in [-0.15, -0.1) is 0 Å². The Labute approximate surface area is 114 Å². The smallest absolute Gasteiger partial charge is 0.0990 e. The van der Waals surface area contributed by atoms with Gasteiger partial charge in [0.25, 0.3) is 0 Å². The first-order valence-corrected chi connectivity index (χ1v) is 6.79. The standard InChI is InChI=1S/C15H23NO3/c1-11(12-6-4-3-5-7-12)19-14-10-13(16)15(14)18-9-8-17-2/h3-7,11,13-15H,8-10,16H2,1-2H3. The zero-order valence-corrected chi connectivity index (χ0v) is 11.6. The number of ether oxygens (including phenoxy) is 3. The molecule has 1 saturated carbocycles. The van der Waals surface area contributed by atoms with E-state index in [4.69, 9.17) is 19.9 Å². The zero-order valence-electron chi connectivity index (χ0n) is 11.6. The molecule has 1 aromatic carbocycles. The highest BCUT2D eigenvalue weighted by molar-refractivity contribution is 5.17. The Morgan fingerprint density at radius 1 is 1.26 bits per heavy atom. The van der Waals surface area contributed by atoms with Gasteiger partial charge >= 0.3 is 0 Å². The summed E-state index contributed by atoms with van der Waals surface area (Å²) in [5.74, 6) is 0. The highest BCUT2D eigenvalue weighted by Crippen LogP contribution is 2.30. The summed E-state index contributed by atoms with van der Waals surface area (Å²) in [6.07, 6.45) is 0.991. The zero-order chi connectivity index (χ0) is 13.7. The van der Waals surface area contributed by atoms with Crippen LogP contribution < -0.4 is 5.73 Å². The number of methoxy groups -OCH3 is 1. The Kier molecular flexibility index (Phi) is 5.34. The Hall–Kier alpha value is -0.940. The lowest BCUT2D eigenvalue weighted by Crippen LogP contribution is -2.58. The van der Waals surface area contributed by atoms with Crippen molar-refractivity contribution < 1.29 is 14.2 Å². The van der Waals surface area contributed by atoms with E-state index >= 15 is 0 Å². The van der Waals surface area contributed by atoms with Gasteiger partial charge in [-0.2, -0.15) is 0 Å². The first-order valence-electron chi connectivity index (χ1n) is 6.79. The molecule has 1 fully saturated rings. The highest BCUT2D eigenvalue weighted by atomic mass is 16.6. The van der Waals surface area contributed by atoms with E-state index in [1.807, 2.05) is 18.2 Å². The van der Waals surface area contributed by atoms with Crippen LogP contribution >= 0.6 is 0 Å². The van der Waals surface area contributed by atoms with Crippen molar-refractivity contribution in [1.29, 1.82) is 0 Å². The van der Waals surface area contributed by atoms with Gasteiger partial charge in [0.1, 0.15) is 0 Å². The molecule has 0 aromatic heterocycles. The van der Waals surface area contributed by atoms with Crippen LogP contribution in [-0.2, 0) is 14.2 Å². The molecule has 4 unspecified atom stereocenters. The summed E-state index contributed by atoms with van der Waals surface area (Å²) in [6.45, 7) is 3.21. The van der Waals surface area contributed by atoms with Crippen molar-refractivity contribution in [3.8, 4) is 0 Å². The molecule has 4 heteroatoms. The van der Waals surface area contributed by atoms with E-state index < -0.39 is 0 Å². The molecule has 0 spiro atoms. The lowest BCUT2D eigenvalue weighted by molar-refractivity contribution is -0.163. The molecule has 1 aliphatic carbocycles. The fourth-order valence-electron chi connectivity index (χ4n) is 2.31. The molecule has 0 heterocycles. The average Bonchev–Trinajstić information content (AvgIpc) is 2.44. The van der Waals surface area contributed by atoms with Crippen LogP contribution in [0.2, 0.25) is 0 Å². The van der Waals surface area contributed by atoms with Crippen LogP contribution in [0.1, 0.15) is 25.0 Å². The van der Waals surface area contributed by atoms with Gasteiger partial charge in [0.05, 0.1) is 31.5 Å². The second kappa shape index (κ2) is 7.01. The molecule has 0 saturated heterocycles. The third-order valence-electron chi connectivity index (χ3n) is 3.54. The van der Waals surface area contributed by atoms with Gasteiger partial charge in [0, 0.05) is 13.2 Å². The molecule has 0 bridgehead atoms. The number of nitrogens with two attached hydrogens (primary N) is 1. The lowest BCUT2D eigenvalue weighted by Gasteiger charge is -2.43. The Morgan fingerprint density at radius 3 is 2.63 bits per heavy atom. The maximum Gasteiger partial charge on any atom is 0.0990 e. The van der Waals surface area contributed by atoms with E-state index in [-0.39, 0.29) is 24.4 Å². The average molecular weight is 265 g/mol. The molecule has 106 valence electrons. The minimum atomic E-state index is -0.0127. The van der Waals surface area contributed by atoms with Crippen LogP contribution in [-0.4, -0.2) is 38.6 Å². The van der Waals surface area contributed by atoms with Crippen molar-refractivity contribution in [1.82, 2.24) is 0 Å². The molecule has 1 aromatic rings. The Morgan fingerprint density at radius 2 is 2.00 bits per heavy atom. The first kappa shape index (κ1) is 14.5. The maximum absolute atomic E-state index is 6.04. The minimum Gasteiger partial charge on any atom is -0.382 e. The Bertz CT molecular complexity index is 371. The SMILES string of the molecule is COCCOC1C(N)CC1OC(C)c1ccccc1. The van der Waals surface area contributed by atoms with Gasteiger partial charge in [0.2, 0.25) is 0 Å². The van der Waals surface area contributed by atoms with Gasteiger partial charge in [-0.05, 0) is 18.9 Å². The molecule has 2 N–H and O–H groups in total. The van der Waals surface area contributed by atoms with E-state index in [9.17, 15) is 0 Å². The summed E-state index contributed by atoms with van der Waals surface area (Å²) in [4.78, 5) is 0. The van der Waals surface area contributed by atoms with E-state index in [1.165, 1.54) is 5.56 Å². The molecule has 0 radical (unpaired) electrons.